The zero-order chi connectivity index (χ0) is 12.3. The molecule has 1 N–H and O–H groups in total. The largest absolute Gasteiger partial charge is 0.480 e. The predicted molar refractivity (Wildman–Crippen MR) is 70.6 cm³/mol. The molecule has 0 aromatic rings. The van der Waals surface area contributed by atoms with Gasteiger partial charge in [0, 0.05) is 38.0 Å². The Bertz CT molecular complexity index is 261. The maximum atomic E-state index is 11.1. The number of hydrogen-bond acceptors (Lipinski definition) is 4. The van der Waals surface area contributed by atoms with Gasteiger partial charge in [-0.3, -0.25) is 14.6 Å². The van der Waals surface area contributed by atoms with Crippen LogP contribution in [0, 0.1) is 0 Å². The SMILES string of the molecule is CC[C@H](C(=O)O)N1CCN([C@@H]2CCSC2)CC1. The van der Waals surface area contributed by atoms with Crippen LogP contribution < -0.4 is 0 Å². The summed E-state index contributed by atoms with van der Waals surface area (Å²) < 4.78 is 0. The molecule has 2 atom stereocenters. The lowest BCUT2D eigenvalue weighted by molar-refractivity contribution is -0.144. The van der Waals surface area contributed by atoms with Crippen molar-refractivity contribution in [2.45, 2.75) is 31.8 Å². The molecule has 0 saturated carbocycles. The number of aliphatic carboxylic acids is 1. The number of carboxylic acids is 1. The molecule has 2 aliphatic heterocycles. The molecule has 2 rings (SSSR count). The van der Waals surface area contributed by atoms with Crippen molar-refractivity contribution in [3.8, 4) is 0 Å². The van der Waals surface area contributed by atoms with E-state index in [-0.39, 0.29) is 6.04 Å². The highest BCUT2D eigenvalue weighted by Gasteiger charge is 2.30. The van der Waals surface area contributed by atoms with Crippen LogP contribution in [0.5, 0.6) is 0 Å². The van der Waals surface area contributed by atoms with E-state index in [9.17, 15) is 4.79 Å². The lowest BCUT2D eigenvalue weighted by Crippen LogP contribution is -2.54. The molecular weight excluding hydrogens is 236 g/mol. The third kappa shape index (κ3) is 3.14. The van der Waals surface area contributed by atoms with E-state index in [1.165, 1.54) is 17.9 Å². The van der Waals surface area contributed by atoms with E-state index >= 15 is 0 Å². The summed E-state index contributed by atoms with van der Waals surface area (Å²) in [6.45, 7) is 5.85. The molecule has 0 amide bonds. The second-order valence-corrected chi connectivity index (χ2v) is 6.00. The highest BCUT2D eigenvalue weighted by Crippen LogP contribution is 2.23. The Morgan fingerprint density at radius 3 is 2.59 bits per heavy atom. The van der Waals surface area contributed by atoms with Gasteiger partial charge in [0.1, 0.15) is 6.04 Å². The van der Waals surface area contributed by atoms with E-state index in [0.29, 0.717) is 6.42 Å². The number of piperazine rings is 1. The van der Waals surface area contributed by atoms with Crippen molar-refractivity contribution in [2.75, 3.05) is 37.7 Å². The number of nitrogens with zero attached hydrogens (tertiary/aromatic N) is 2. The highest BCUT2D eigenvalue weighted by atomic mass is 32.2. The summed E-state index contributed by atoms with van der Waals surface area (Å²) in [5.41, 5.74) is 0. The van der Waals surface area contributed by atoms with Crippen LogP contribution in [-0.2, 0) is 4.79 Å². The predicted octanol–water partition coefficient (Wildman–Crippen LogP) is 0.973. The molecule has 0 spiro atoms. The van der Waals surface area contributed by atoms with Gasteiger partial charge in [-0.25, -0.2) is 0 Å². The van der Waals surface area contributed by atoms with E-state index < -0.39 is 5.97 Å². The van der Waals surface area contributed by atoms with Crippen LogP contribution in [0.2, 0.25) is 0 Å². The number of carbonyl (C=O) groups is 1. The quantitative estimate of drug-likeness (QED) is 0.814. The van der Waals surface area contributed by atoms with E-state index in [4.69, 9.17) is 5.11 Å². The average molecular weight is 258 g/mol. The fourth-order valence-electron chi connectivity index (χ4n) is 2.81. The highest BCUT2D eigenvalue weighted by molar-refractivity contribution is 7.99. The Morgan fingerprint density at radius 2 is 2.12 bits per heavy atom. The molecule has 17 heavy (non-hydrogen) atoms. The van der Waals surface area contributed by atoms with Gasteiger partial charge in [0.15, 0.2) is 0 Å². The van der Waals surface area contributed by atoms with Crippen LogP contribution >= 0.6 is 11.8 Å². The molecule has 0 bridgehead atoms. The molecule has 5 heteroatoms. The third-order valence-corrected chi connectivity index (χ3v) is 5.03. The fourth-order valence-corrected chi connectivity index (χ4v) is 4.07. The molecule has 0 aromatic carbocycles. The summed E-state index contributed by atoms with van der Waals surface area (Å²) in [5, 5.41) is 9.14. The van der Waals surface area contributed by atoms with Crippen LogP contribution in [0.1, 0.15) is 19.8 Å². The summed E-state index contributed by atoms with van der Waals surface area (Å²) in [4.78, 5) is 15.8. The van der Waals surface area contributed by atoms with Gasteiger partial charge < -0.3 is 5.11 Å². The minimum absolute atomic E-state index is 0.282. The Kier molecular flexibility index (Phi) is 4.70. The standard InChI is InChI=1S/C12H22N2O2S/c1-2-11(12(15)16)14-6-4-13(5-7-14)10-3-8-17-9-10/h10-11H,2-9H2,1H3,(H,15,16)/t10-,11-/m1/s1. The lowest BCUT2D eigenvalue weighted by Gasteiger charge is -2.39. The van der Waals surface area contributed by atoms with Crippen molar-refractivity contribution in [2.24, 2.45) is 0 Å². The number of hydrogen-bond donors (Lipinski definition) is 1. The van der Waals surface area contributed by atoms with Crippen molar-refractivity contribution >= 4 is 17.7 Å². The molecule has 0 aliphatic carbocycles. The fraction of sp³-hybridized carbons (Fsp3) is 0.917. The molecule has 0 radical (unpaired) electrons. The second-order valence-electron chi connectivity index (χ2n) is 4.85. The first-order valence-electron chi connectivity index (χ1n) is 6.51. The normalized spacial score (nSPS) is 29.4. The van der Waals surface area contributed by atoms with Gasteiger partial charge in [0.2, 0.25) is 0 Å². The summed E-state index contributed by atoms with van der Waals surface area (Å²) in [6, 6.07) is 0.460. The zero-order valence-electron chi connectivity index (χ0n) is 10.5. The Hall–Kier alpha value is -0.260. The van der Waals surface area contributed by atoms with E-state index in [1.54, 1.807) is 0 Å². The second kappa shape index (κ2) is 6.07. The third-order valence-electron chi connectivity index (χ3n) is 3.88. The number of carboxylic acid groups (broad SMARTS) is 1. The van der Waals surface area contributed by atoms with Crippen molar-refractivity contribution in [1.82, 2.24) is 9.80 Å². The number of rotatable bonds is 4. The molecule has 4 nitrogen and oxygen atoms in total. The van der Waals surface area contributed by atoms with Gasteiger partial charge in [-0.2, -0.15) is 11.8 Å². The van der Waals surface area contributed by atoms with Crippen molar-refractivity contribution in [3.05, 3.63) is 0 Å². The first kappa shape index (κ1) is 13.2. The molecular formula is C12H22N2O2S. The first-order chi connectivity index (χ1) is 8.22. The number of thioether (sulfide) groups is 1. The smallest absolute Gasteiger partial charge is 0.320 e. The Morgan fingerprint density at radius 1 is 1.41 bits per heavy atom. The van der Waals surface area contributed by atoms with Gasteiger partial charge in [0.25, 0.3) is 0 Å². The van der Waals surface area contributed by atoms with Crippen molar-refractivity contribution in [1.29, 1.82) is 0 Å². The van der Waals surface area contributed by atoms with Gasteiger partial charge >= 0.3 is 5.97 Å². The molecule has 2 heterocycles. The van der Waals surface area contributed by atoms with Crippen LogP contribution in [0.25, 0.3) is 0 Å². The lowest BCUT2D eigenvalue weighted by atomic mass is 10.1. The van der Waals surface area contributed by atoms with Crippen LogP contribution in [0.3, 0.4) is 0 Å². The van der Waals surface area contributed by atoms with Gasteiger partial charge in [-0.15, -0.1) is 0 Å². The van der Waals surface area contributed by atoms with Crippen molar-refractivity contribution in [3.63, 3.8) is 0 Å². The Balaban J connectivity index is 1.82. The van der Waals surface area contributed by atoms with Gasteiger partial charge in [0.05, 0.1) is 0 Å². The van der Waals surface area contributed by atoms with Crippen LogP contribution in [-0.4, -0.2) is 70.6 Å². The van der Waals surface area contributed by atoms with E-state index in [1.807, 2.05) is 18.7 Å². The summed E-state index contributed by atoms with van der Waals surface area (Å²) >= 11 is 2.04. The molecule has 0 unspecified atom stereocenters. The van der Waals surface area contributed by atoms with E-state index in [0.717, 1.165) is 32.2 Å². The minimum Gasteiger partial charge on any atom is -0.480 e. The van der Waals surface area contributed by atoms with Gasteiger partial charge in [-0.1, -0.05) is 6.92 Å². The molecule has 98 valence electrons. The Labute approximate surface area is 107 Å². The average Bonchev–Trinajstić information content (AvgIpc) is 2.84. The maximum absolute atomic E-state index is 11.1. The maximum Gasteiger partial charge on any atom is 0.320 e. The van der Waals surface area contributed by atoms with Crippen LogP contribution in [0.4, 0.5) is 0 Å². The van der Waals surface area contributed by atoms with Gasteiger partial charge in [-0.05, 0) is 18.6 Å². The molecule has 0 aromatic heterocycles. The minimum atomic E-state index is -0.669. The van der Waals surface area contributed by atoms with Crippen LogP contribution in [0.15, 0.2) is 0 Å². The topological polar surface area (TPSA) is 43.8 Å². The summed E-state index contributed by atoms with van der Waals surface area (Å²) in [5.74, 6) is 1.88. The molecule has 2 aliphatic rings. The molecule has 2 fully saturated rings. The monoisotopic (exact) mass is 258 g/mol. The zero-order valence-corrected chi connectivity index (χ0v) is 11.3. The summed E-state index contributed by atoms with van der Waals surface area (Å²) in [7, 11) is 0. The molecule has 2 saturated heterocycles. The van der Waals surface area contributed by atoms with Crippen molar-refractivity contribution < 1.29 is 9.90 Å². The summed E-state index contributed by atoms with van der Waals surface area (Å²) in [6.07, 6.45) is 2.01. The van der Waals surface area contributed by atoms with E-state index in [2.05, 4.69) is 9.80 Å². The first-order valence-corrected chi connectivity index (χ1v) is 7.66.